The summed E-state index contributed by atoms with van der Waals surface area (Å²) in [6.45, 7) is 1.89. The van der Waals surface area contributed by atoms with Gasteiger partial charge in [-0.2, -0.15) is 0 Å². The molecule has 1 aromatic carbocycles. The molecule has 0 saturated carbocycles. The van der Waals surface area contributed by atoms with Crippen molar-refractivity contribution in [2.75, 3.05) is 14.2 Å². The Morgan fingerprint density at radius 1 is 1.08 bits per heavy atom. The van der Waals surface area contributed by atoms with Gasteiger partial charge in [-0.15, -0.1) is 0 Å². The Balaban J connectivity index is 0.000000671. The van der Waals surface area contributed by atoms with Crippen LogP contribution in [-0.2, 0) is 0 Å². The van der Waals surface area contributed by atoms with Gasteiger partial charge in [-0.25, -0.2) is 5.26 Å². The molecule has 0 aromatic heterocycles. The van der Waals surface area contributed by atoms with Crippen LogP contribution in [0.3, 0.4) is 0 Å². The Morgan fingerprint density at radius 3 is 2.08 bits per heavy atom. The van der Waals surface area contributed by atoms with Crippen molar-refractivity contribution in [1.82, 2.24) is 0 Å². The first-order valence-electron chi connectivity index (χ1n) is 3.68. The fourth-order valence-corrected chi connectivity index (χ4v) is 0.885. The lowest BCUT2D eigenvalue weighted by Gasteiger charge is -2.02. The molecule has 0 fully saturated rings. The van der Waals surface area contributed by atoms with Gasteiger partial charge < -0.3 is 14.7 Å². The minimum Gasteiger partial charge on any atom is -0.497 e. The zero-order valence-electron chi connectivity index (χ0n) is 7.94. The van der Waals surface area contributed by atoms with Gasteiger partial charge in [0, 0.05) is 13.2 Å². The number of aliphatic hydroxyl groups excluding tert-OH is 1. The zero-order valence-corrected chi connectivity index (χ0v) is 7.94. The third-order valence-electron chi connectivity index (χ3n) is 1.37. The lowest BCUT2D eigenvalue weighted by molar-refractivity contribution is -0.137. The number of methoxy groups -OCH3 is 1. The molecule has 13 heavy (non-hydrogen) atoms. The van der Waals surface area contributed by atoms with E-state index in [1.807, 2.05) is 13.0 Å². The highest BCUT2D eigenvalue weighted by Crippen LogP contribution is 2.21. The first kappa shape index (κ1) is 11.7. The molecular weight excluding hydrogens is 172 g/mol. The average Bonchev–Trinajstić information content (AvgIpc) is 2.20. The molecular formula is C9H14O4. The molecule has 0 aliphatic rings. The minimum atomic E-state index is 0.391. The molecule has 0 heterocycles. The van der Waals surface area contributed by atoms with Crippen molar-refractivity contribution in [2.24, 2.45) is 0 Å². The van der Waals surface area contributed by atoms with E-state index in [0.29, 0.717) is 11.5 Å². The van der Waals surface area contributed by atoms with Gasteiger partial charge in [-0.1, -0.05) is 0 Å². The summed E-state index contributed by atoms with van der Waals surface area (Å²) in [7, 11) is 2.57. The Hall–Kier alpha value is -1.26. The van der Waals surface area contributed by atoms with Gasteiger partial charge in [-0.05, 0) is 24.6 Å². The molecule has 1 rings (SSSR count). The maximum atomic E-state index is 8.33. The molecule has 0 bridgehead atoms. The molecule has 0 saturated heterocycles. The fourth-order valence-electron chi connectivity index (χ4n) is 0.885. The standard InChI is InChI=1S/C8H10O3.CH4O/c1-6-3-7(10-2)5-8(4-6)11-9;1-2/h3-5,9H,1-2H3;2H,1H3. The first-order valence-corrected chi connectivity index (χ1v) is 3.68. The van der Waals surface area contributed by atoms with E-state index in [2.05, 4.69) is 4.89 Å². The number of benzene rings is 1. The summed E-state index contributed by atoms with van der Waals surface area (Å²) in [6, 6.07) is 5.16. The lowest BCUT2D eigenvalue weighted by Crippen LogP contribution is -1.88. The zero-order chi connectivity index (χ0) is 10.3. The quantitative estimate of drug-likeness (QED) is 0.542. The van der Waals surface area contributed by atoms with Gasteiger partial charge in [0.2, 0.25) is 0 Å². The second-order valence-corrected chi connectivity index (χ2v) is 2.28. The summed E-state index contributed by atoms with van der Waals surface area (Å²) in [5.41, 5.74) is 0.980. The maximum absolute atomic E-state index is 8.33. The van der Waals surface area contributed by atoms with Crippen molar-refractivity contribution < 1.29 is 20.0 Å². The van der Waals surface area contributed by atoms with Crippen molar-refractivity contribution in [3.05, 3.63) is 23.8 Å². The highest BCUT2D eigenvalue weighted by Gasteiger charge is 1.97. The van der Waals surface area contributed by atoms with E-state index >= 15 is 0 Å². The van der Waals surface area contributed by atoms with Crippen LogP contribution in [0.1, 0.15) is 5.56 Å². The number of rotatable bonds is 2. The Kier molecular flexibility index (Phi) is 5.67. The summed E-state index contributed by atoms with van der Waals surface area (Å²) in [5.74, 6) is 1.07. The van der Waals surface area contributed by atoms with Crippen LogP contribution in [-0.4, -0.2) is 24.6 Å². The van der Waals surface area contributed by atoms with Crippen molar-refractivity contribution in [1.29, 1.82) is 0 Å². The SMILES string of the molecule is CO.COc1cc(C)cc(OO)c1. The third-order valence-corrected chi connectivity index (χ3v) is 1.37. The summed E-state index contributed by atoms with van der Waals surface area (Å²) in [6.07, 6.45) is 0. The summed E-state index contributed by atoms with van der Waals surface area (Å²) < 4.78 is 4.95. The molecule has 0 spiro atoms. The van der Waals surface area contributed by atoms with Crippen molar-refractivity contribution in [3.63, 3.8) is 0 Å². The van der Waals surface area contributed by atoms with Crippen molar-refractivity contribution in [2.45, 2.75) is 6.92 Å². The second kappa shape index (κ2) is 6.28. The molecule has 2 N–H and O–H groups in total. The van der Waals surface area contributed by atoms with E-state index in [4.69, 9.17) is 15.1 Å². The smallest absolute Gasteiger partial charge is 0.169 e. The molecule has 4 nitrogen and oxygen atoms in total. The predicted octanol–water partition coefficient (Wildman–Crippen LogP) is 1.46. The Labute approximate surface area is 77.3 Å². The van der Waals surface area contributed by atoms with E-state index in [1.165, 1.54) is 0 Å². The van der Waals surface area contributed by atoms with Crippen LogP contribution in [0.25, 0.3) is 0 Å². The first-order chi connectivity index (χ1) is 6.26. The molecule has 0 aliphatic carbocycles. The number of hydrogen-bond acceptors (Lipinski definition) is 4. The molecule has 0 unspecified atom stereocenters. The van der Waals surface area contributed by atoms with E-state index in [1.54, 1.807) is 19.2 Å². The topological polar surface area (TPSA) is 58.9 Å². The van der Waals surface area contributed by atoms with Gasteiger partial charge in [0.05, 0.1) is 7.11 Å². The molecule has 1 aromatic rings. The van der Waals surface area contributed by atoms with Crippen LogP contribution < -0.4 is 9.62 Å². The van der Waals surface area contributed by atoms with E-state index in [9.17, 15) is 0 Å². The lowest BCUT2D eigenvalue weighted by atomic mass is 10.2. The minimum absolute atomic E-state index is 0.391. The van der Waals surface area contributed by atoms with Gasteiger partial charge in [-0.3, -0.25) is 0 Å². The molecule has 4 heteroatoms. The van der Waals surface area contributed by atoms with E-state index in [-0.39, 0.29) is 0 Å². The third kappa shape index (κ3) is 3.78. The van der Waals surface area contributed by atoms with Crippen LogP contribution in [0.2, 0.25) is 0 Å². The molecule has 0 radical (unpaired) electrons. The van der Waals surface area contributed by atoms with Crippen LogP contribution in [0, 0.1) is 6.92 Å². The van der Waals surface area contributed by atoms with Crippen molar-refractivity contribution >= 4 is 0 Å². The number of aliphatic hydroxyl groups is 1. The fraction of sp³-hybridized carbons (Fsp3) is 0.333. The normalized spacial score (nSPS) is 8.38. The van der Waals surface area contributed by atoms with Crippen LogP contribution >= 0.6 is 0 Å². The van der Waals surface area contributed by atoms with E-state index in [0.717, 1.165) is 12.7 Å². The summed E-state index contributed by atoms with van der Waals surface area (Å²) in [5, 5.41) is 15.3. The van der Waals surface area contributed by atoms with Gasteiger partial charge in [0.1, 0.15) is 5.75 Å². The molecule has 74 valence electrons. The average molecular weight is 186 g/mol. The van der Waals surface area contributed by atoms with Crippen molar-refractivity contribution in [3.8, 4) is 11.5 Å². The highest BCUT2D eigenvalue weighted by molar-refractivity contribution is 5.37. The number of aryl methyl sites for hydroxylation is 1. The Bertz CT molecular complexity index is 225. The number of ether oxygens (including phenoxy) is 1. The van der Waals surface area contributed by atoms with Gasteiger partial charge in [0.15, 0.2) is 5.75 Å². The monoisotopic (exact) mass is 186 g/mol. The molecule has 0 aliphatic heterocycles. The summed E-state index contributed by atoms with van der Waals surface area (Å²) >= 11 is 0. The van der Waals surface area contributed by atoms with Crippen LogP contribution in [0.15, 0.2) is 18.2 Å². The van der Waals surface area contributed by atoms with Gasteiger partial charge >= 0.3 is 0 Å². The largest absolute Gasteiger partial charge is 0.497 e. The van der Waals surface area contributed by atoms with Crippen LogP contribution in [0.4, 0.5) is 0 Å². The van der Waals surface area contributed by atoms with Gasteiger partial charge in [0.25, 0.3) is 0 Å². The highest BCUT2D eigenvalue weighted by atomic mass is 17.1. The van der Waals surface area contributed by atoms with Crippen LogP contribution in [0.5, 0.6) is 11.5 Å². The maximum Gasteiger partial charge on any atom is 0.169 e. The predicted molar refractivity (Wildman–Crippen MR) is 49.1 cm³/mol. The molecule has 0 atom stereocenters. The summed E-state index contributed by atoms with van der Waals surface area (Å²) in [4.78, 5) is 4.06. The molecule has 0 amide bonds. The van der Waals surface area contributed by atoms with E-state index < -0.39 is 0 Å². The Morgan fingerprint density at radius 2 is 1.62 bits per heavy atom. The number of hydrogen-bond donors (Lipinski definition) is 2. The second-order valence-electron chi connectivity index (χ2n) is 2.28.